The van der Waals surface area contributed by atoms with Crippen LogP contribution in [0.2, 0.25) is 0 Å². The fourth-order valence-corrected chi connectivity index (χ4v) is 2.97. The topological polar surface area (TPSA) is 107 Å². The Balaban J connectivity index is 1.42. The molecule has 0 atom stereocenters. The van der Waals surface area contributed by atoms with Crippen LogP contribution in [0.3, 0.4) is 0 Å². The van der Waals surface area contributed by atoms with Crippen LogP contribution in [0.15, 0.2) is 59.6 Å². The highest BCUT2D eigenvalue weighted by Crippen LogP contribution is 2.28. The van der Waals surface area contributed by atoms with E-state index < -0.39 is 11.8 Å². The monoisotopic (exact) mass is 450 g/mol. The number of hydrogen-bond donors (Lipinski definition) is 2. The predicted molar refractivity (Wildman–Crippen MR) is 121 cm³/mol. The molecule has 1 aromatic carbocycles. The fraction of sp³-hybridized carbons (Fsp3) is 0.217. The molecular weight excluding hydrogens is 427 g/mol. The Morgan fingerprint density at radius 2 is 1.91 bits per heavy atom. The van der Waals surface area contributed by atoms with E-state index in [4.69, 9.17) is 9.15 Å². The van der Waals surface area contributed by atoms with E-state index in [9.17, 15) is 9.18 Å². The summed E-state index contributed by atoms with van der Waals surface area (Å²) < 4.78 is 27.1. The van der Waals surface area contributed by atoms with Crippen molar-refractivity contribution >= 4 is 17.5 Å². The molecule has 0 spiro atoms. The lowest BCUT2D eigenvalue weighted by molar-refractivity contribution is 0.262. The number of carbonyl (C=O) groups excluding carboxylic acids is 1. The minimum Gasteiger partial charge on any atom is -0.457 e. The van der Waals surface area contributed by atoms with Crippen LogP contribution >= 0.6 is 0 Å². The van der Waals surface area contributed by atoms with Crippen molar-refractivity contribution in [1.29, 1.82) is 0 Å². The molecule has 2 amide bonds. The maximum atomic E-state index is 14.6. The third-order valence-corrected chi connectivity index (χ3v) is 4.73. The summed E-state index contributed by atoms with van der Waals surface area (Å²) >= 11 is 0. The van der Waals surface area contributed by atoms with Crippen LogP contribution in [-0.2, 0) is 12.5 Å². The van der Waals surface area contributed by atoms with Gasteiger partial charge in [0.05, 0.1) is 17.6 Å². The zero-order valence-electron chi connectivity index (χ0n) is 18.6. The van der Waals surface area contributed by atoms with Crippen molar-refractivity contribution < 1.29 is 18.3 Å². The minimum atomic E-state index is -0.646. The molecule has 0 saturated heterocycles. The molecule has 0 fully saturated rings. The number of nitrogens with zero attached hydrogens (tertiary/aromatic N) is 4. The van der Waals surface area contributed by atoms with Crippen molar-refractivity contribution in [3.05, 3.63) is 66.7 Å². The molecule has 170 valence electrons. The first-order valence-electron chi connectivity index (χ1n) is 10.1. The molecule has 2 N–H and O–H groups in total. The number of amides is 2. The Labute approximate surface area is 189 Å². The number of ether oxygens (including phenoxy) is 1. The van der Waals surface area contributed by atoms with Gasteiger partial charge in [-0.1, -0.05) is 20.8 Å². The maximum absolute atomic E-state index is 14.6. The van der Waals surface area contributed by atoms with Crippen LogP contribution in [0.4, 0.5) is 20.7 Å². The van der Waals surface area contributed by atoms with Crippen molar-refractivity contribution in [2.45, 2.75) is 26.2 Å². The standard InChI is InChI=1S/C23H23FN6O3/c1-23(2,3)20-11-21(30(4)29-20)28-22(31)27-17-6-5-14(9-16(17)24)33-15-7-8-26-18(10-15)19-12-25-13-32-19/h5-13H,1-4H3,(H2,27,28,31). The van der Waals surface area contributed by atoms with Crippen molar-refractivity contribution in [3.8, 4) is 23.0 Å². The number of halogens is 1. The number of nitrogens with one attached hydrogen (secondary N) is 2. The zero-order chi connectivity index (χ0) is 23.6. The lowest BCUT2D eigenvalue weighted by Gasteiger charge is -2.13. The van der Waals surface area contributed by atoms with Gasteiger partial charge in [0.1, 0.15) is 28.8 Å². The van der Waals surface area contributed by atoms with E-state index in [1.165, 1.54) is 24.7 Å². The Hall–Kier alpha value is -4.21. The SMILES string of the molecule is Cn1nc(C(C)(C)C)cc1NC(=O)Nc1ccc(Oc2ccnc(-c3cnco3)c2)cc1F. The van der Waals surface area contributed by atoms with E-state index in [0.29, 0.717) is 23.0 Å². The summed E-state index contributed by atoms with van der Waals surface area (Å²) in [5, 5.41) is 9.59. The molecule has 4 rings (SSSR count). The molecule has 0 aliphatic carbocycles. The number of benzene rings is 1. The smallest absolute Gasteiger partial charge is 0.324 e. The average Bonchev–Trinajstić information content (AvgIpc) is 3.41. The molecule has 0 unspecified atom stereocenters. The zero-order valence-corrected chi connectivity index (χ0v) is 18.6. The lowest BCUT2D eigenvalue weighted by Crippen LogP contribution is -2.21. The number of carbonyl (C=O) groups is 1. The summed E-state index contributed by atoms with van der Waals surface area (Å²) in [6.07, 6.45) is 4.39. The van der Waals surface area contributed by atoms with Gasteiger partial charge in [0.2, 0.25) is 0 Å². The van der Waals surface area contributed by atoms with Gasteiger partial charge >= 0.3 is 6.03 Å². The van der Waals surface area contributed by atoms with Gasteiger partial charge in [0.15, 0.2) is 12.2 Å². The van der Waals surface area contributed by atoms with Gasteiger partial charge in [-0.05, 0) is 18.2 Å². The first-order valence-corrected chi connectivity index (χ1v) is 10.1. The van der Waals surface area contributed by atoms with E-state index in [0.717, 1.165) is 5.69 Å². The van der Waals surface area contributed by atoms with E-state index in [1.807, 2.05) is 20.8 Å². The summed E-state index contributed by atoms with van der Waals surface area (Å²) in [5.41, 5.74) is 1.21. The Bertz CT molecular complexity index is 1280. The maximum Gasteiger partial charge on any atom is 0.324 e. The van der Waals surface area contributed by atoms with E-state index in [1.54, 1.807) is 42.2 Å². The summed E-state index contributed by atoms with van der Waals surface area (Å²) in [7, 11) is 1.73. The van der Waals surface area contributed by atoms with Crippen LogP contribution < -0.4 is 15.4 Å². The molecule has 0 radical (unpaired) electrons. The minimum absolute atomic E-state index is 0.00939. The highest BCUT2D eigenvalue weighted by atomic mass is 19.1. The van der Waals surface area contributed by atoms with Gasteiger partial charge in [0, 0.05) is 36.9 Å². The molecule has 3 heterocycles. The molecule has 10 heteroatoms. The second-order valence-electron chi connectivity index (χ2n) is 8.35. The third kappa shape index (κ3) is 5.17. The molecule has 0 bridgehead atoms. The number of oxazole rings is 1. The number of aryl methyl sites for hydroxylation is 1. The van der Waals surface area contributed by atoms with Gasteiger partial charge in [-0.15, -0.1) is 0 Å². The van der Waals surface area contributed by atoms with Crippen molar-refractivity contribution in [3.63, 3.8) is 0 Å². The van der Waals surface area contributed by atoms with Crippen LogP contribution in [0.5, 0.6) is 11.5 Å². The van der Waals surface area contributed by atoms with Gasteiger partial charge in [-0.2, -0.15) is 5.10 Å². The molecular formula is C23H23FN6O3. The number of pyridine rings is 1. The van der Waals surface area contributed by atoms with Crippen molar-refractivity contribution in [1.82, 2.24) is 19.7 Å². The van der Waals surface area contributed by atoms with Crippen molar-refractivity contribution in [2.75, 3.05) is 10.6 Å². The Kier molecular flexibility index (Phi) is 5.82. The van der Waals surface area contributed by atoms with Crippen molar-refractivity contribution in [2.24, 2.45) is 7.05 Å². The highest BCUT2D eigenvalue weighted by molar-refractivity contribution is 5.99. The Morgan fingerprint density at radius 3 is 2.58 bits per heavy atom. The van der Waals surface area contributed by atoms with Crippen LogP contribution in [-0.4, -0.2) is 25.8 Å². The molecule has 3 aromatic heterocycles. The largest absolute Gasteiger partial charge is 0.457 e. The molecule has 4 aromatic rings. The van der Waals surface area contributed by atoms with E-state index in [-0.39, 0.29) is 16.9 Å². The lowest BCUT2D eigenvalue weighted by atomic mass is 9.92. The fourth-order valence-electron chi connectivity index (χ4n) is 2.97. The van der Waals surface area contributed by atoms with Gasteiger partial charge in [-0.3, -0.25) is 15.0 Å². The number of anilines is 2. The van der Waals surface area contributed by atoms with E-state index in [2.05, 4.69) is 25.7 Å². The molecule has 0 aliphatic rings. The first-order chi connectivity index (χ1) is 15.7. The van der Waals surface area contributed by atoms with Crippen LogP contribution in [0.25, 0.3) is 11.5 Å². The normalized spacial score (nSPS) is 11.3. The number of rotatable bonds is 5. The summed E-state index contributed by atoms with van der Waals surface area (Å²) in [4.78, 5) is 20.4. The third-order valence-electron chi connectivity index (χ3n) is 4.73. The summed E-state index contributed by atoms with van der Waals surface area (Å²) in [6, 6.07) is 8.65. The molecule has 9 nitrogen and oxygen atoms in total. The van der Waals surface area contributed by atoms with Gasteiger partial charge in [-0.25, -0.2) is 14.2 Å². The first kappa shape index (κ1) is 22.0. The van der Waals surface area contributed by atoms with Gasteiger partial charge < -0.3 is 14.5 Å². The van der Waals surface area contributed by atoms with E-state index >= 15 is 0 Å². The van der Waals surface area contributed by atoms with Crippen LogP contribution in [0.1, 0.15) is 26.5 Å². The van der Waals surface area contributed by atoms with Crippen LogP contribution in [0, 0.1) is 5.82 Å². The van der Waals surface area contributed by atoms with Gasteiger partial charge in [0.25, 0.3) is 0 Å². The Morgan fingerprint density at radius 1 is 1.12 bits per heavy atom. The summed E-state index contributed by atoms with van der Waals surface area (Å²) in [6.45, 7) is 6.08. The molecule has 33 heavy (non-hydrogen) atoms. The highest BCUT2D eigenvalue weighted by Gasteiger charge is 2.20. The second kappa shape index (κ2) is 8.73. The second-order valence-corrected chi connectivity index (χ2v) is 8.35. The molecule has 0 saturated carbocycles. The number of hydrogen-bond acceptors (Lipinski definition) is 6. The quantitative estimate of drug-likeness (QED) is 0.425. The predicted octanol–water partition coefficient (Wildman–Crippen LogP) is 5.34. The average molecular weight is 450 g/mol. The number of aromatic nitrogens is 4. The number of urea groups is 1. The molecule has 0 aliphatic heterocycles. The summed E-state index contributed by atoms with van der Waals surface area (Å²) in [5.74, 6) is 1.04.